The highest BCUT2D eigenvalue weighted by Crippen LogP contribution is 2.41. The van der Waals surface area contributed by atoms with Crippen molar-refractivity contribution in [3.05, 3.63) is 65.0 Å². The second kappa shape index (κ2) is 6.56. The number of nitrogens with one attached hydrogen (secondary N) is 1. The largest absolute Gasteiger partial charge is 0.417 e. The molecule has 0 bridgehead atoms. The number of amides is 1. The number of alkyl halides is 3. The predicted octanol–water partition coefficient (Wildman–Crippen LogP) is 3.40. The standard InChI is InChI=1S/C18H16F5N3O/c1-17(12-5-4-11(19)7-13(12)20)15(16(27)26(2)9-25-17)14-6-3-10(8-24-14)18(21,22)23/h3-8,15,25H,9H2,1-2H3/t15-,17+/m0/s1. The first kappa shape index (κ1) is 19.2. The second-order valence-electron chi connectivity index (χ2n) is 6.60. The highest BCUT2D eigenvalue weighted by atomic mass is 19.4. The van der Waals surface area contributed by atoms with Crippen LogP contribution in [0.1, 0.15) is 29.7 Å². The van der Waals surface area contributed by atoms with Crippen molar-refractivity contribution in [2.75, 3.05) is 13.7 Å². The van der Waals surface area contributed by atoms with E-state index in [4.69, 9.17) is 0 Å². The van der Waals surface area contributed by atoms with E-state index in [9.17, 15) is 26.7 Å². The van der Waals surface area contributed by atoms with Crippen molar-refractivity contribution in [3.63, 3.8) is 0 Å². The van der Waals surface area contributed by atoms with Gasteiger partial charge in [-0.1, -0.05) is 6.07 Å². The molecule has 4 nitrogen and oxygen atoms in total. The SMILES string of the molecule is CN1CN[C@](C)(c2ccc(F)cc2F)[C@@H](c2ccc(C(F)(F)F)cn2)C1=O. The number of carbonyl (C=O) groups is 1. The van der Waals surface area contributed by atoms with Crippen LogP contribution in [0.15, 0.2) is 36.5 Å². The molecule has 0 radical (unpaired) electrons. The molecule has 1 N–H and O–H groups in total. The summed E-state index contributed by atoms with van der Waals surface area (Å²) in [6, 6.07) is 4.90. The van der Waals surface area contributed by atoms with Crippen LogP contribution in [0.3, 0.4) is 0 Å². The molecule has 0 spiro atoms. The predicted molar refractivity (Wildman–Crippen MR) is 86.5 cm³/mol. The van der Waals surface area contributed by atoms with E-state index in [-0.39, 0.29) is 17.9 Å². The summed E-state index contributed by atoms with van der Waals surface area (Å²) in [6.07, 6.45) is -3.93. The summed E-state index contributed by atoms with van der Waals surface area (Å²) in [6.45, 7) is 1.63. The molecule has 1 fully saturated rings. The molecule has 2 atom stereocenters. The minimum absolute atomic E-state index is 0.0250. The van der Waals surface area contributed by atoms with Crippen LogP contribution in [0.25, 0.3) is 0 Å². The van der Waals surface area contributed by atoms with Gasteiger partial charge in [0.05, 0.1) is 23.5 Å². The Labute approximate surface area is 152 Å². The van der Waals surface area contributed by atoms with Gasteiger partial charge in [0.2, 0.25) is 5.91 Å². The lowest BCUT2D eigenvalue weighted by atomic mass is 9.75. The molecule has 1 aromatic heterocycles. The first-order chi connectivity index (χ1) is 12.5. The Bertz CT molecular complexity index is 868. The third-order valence-corrected chi connectivity index (χ3v) is 4.78. The smallest absolute Gasteiger partial charge is 0.332 e. The number of hydrogen-bond acceptors (Lipinski definition) is 3. The number of benzene rings is 1. The third kappa shape index (κ3) is 3.39. The molecular weight excluding hydrogens is 369 g/mol. The van der Waals surface area contributed by atoms with Crippen LogP contribution >= 0.6 is 0 Å². The molecule has 0 saturated carbocycles. The molecule has 144 valence electrons. The van der Waals surface area contributed by atoms with Gasteiger partial charge in [-0.15, -0.1) is 0 Å². The van der Waals surface area contributed by atoms with Crippen LogP contribution in [0, 0.1) is 11.6 Å². The quantitative estimate of drug-likeness (QED) is 0.806. The summed E-state index contributed by atoms with van der Waals surface area (Å²) >= 11 is 0. The number of carbonyl (C=O) groups excluding carboxylic acids is 1. The summed E-state index contributed by atoms with van der Waals surface area (Å²) in [5.74, 6) is -3.17. The Hall–Kier alpha value is -2.55. The van der Waals surface area contributed by atoms with Crippen LogP contribution in [0.2, 0.25) is 0 Å². The van der Waals surface area contributed by atoms with Crippen LogP contribution in [0.4, 0.5) is 22.0 Å². The highest BCUT2D eigenvalue weighted by Gasteiger charge is 2.48. The normalized spacial score (nSPS) is 23.6. The topological polar surface area (TPSA) is 45.2 Å². The molecule has 1 aliphatic rings. The second-order valence-corrected chi connectivity index (χ2v) is 6.60. The van der Waals surface area contributed by atoms with Gasteiger partial charge in [-0.3, -0.25) is 15.1 Å². The average molecular weight is 385 g/mol. The number of pyridine rings is 1. The zero-order valence-corrected chi connectivity index (χ0v) is 14.4. The number of halogens is 5. The van der Waals surface area contributed by atoms with Gasteiger partial charge in [-0.25, -0.2) is 8.78 Å². The van der Waals surface area contributed by atoms with Crippen LogP contribution in [-0.2, 0) is 16.5 Å². The van der Waals surface area contributed by atoms with Crippen molar-refractivity contribution in [1.29, 1.82) is 0 Å². The molecule has 1 aliphatic heterocycles. The Balaban J connectivity index is 2.11. The number of nitrogens with zero attached hydrogens (tertiary/aromatic N) is 2. The van der Waals surface area contributed by atoms with Crippen molar-refractivity contribution >= 4 is 5.91 Å². The van der Waals surface area contributed by atoms with E-state index in [0.29, 0.717) is 12.3 Å². The van der Waals surface area contributed by atoms with Gasteiger partial charge in [0, 0.05) is 24.9 Å². The summed E-state index contributed by atoms with van der Waals surface area (Å²) in [5, 5.41) is 3.03. The van der Waals surface area contributed by atoms with Gasteiger partial charge in [0.25, 0.3) is 0 Å². The van der Waals surface area contributed by atoms with Crippen molar-refractivity contribution in [3.8, 4) is 0 Å². The van der Waals surface area contributed by atoms with E-state index < -0.39 is 40.7 Å². The van der Waals surface area contributed by atoms with E-state index in [0.717, 1.165) is 18.2 Å². The van der Waals surface area contributed by atoms with Crippen LogP contribution in [-0.4, -0.2) is 29.5 Å². The number of aromatic nitrogens is 1. The first-order valence-corrected chi connectivity index (χ1v) is 8.02. The van der Waals surface area contributed by atoms with Gasteiger partial charge in [0.15, 0.2) is 0 Å². The van der Waals surface area contributed by atoms with Gasteiger partial charge >= 0.3 is 6.18 Å². The Morgan fingerprint density at radius 2 is 1.93 bits per heavy atom. The maximum atomic E-state index is 14.4. The highest BCUT2D eigenvalue weighted by molar-refractivity contribution is 5.86. The molecule has 1 amide bonds. The molecule has 3 rings (SSSR count). The molecule has 0 aliphatic carbocycles. The molecule has 2 aromatic rings. The van der Waals surface area contributed by atoms with Gasteiger partial charge in [-0.05, 0) is 25.1 Å². The molecular formula is C18H16F5N3O. The minimum Gasteiger partial charge on any atom is -0.332 e. The van der Waals surface area contributed by atoms with Gasteiger partial charge in [0.1, 0.15) is 17.6 Å². The summed E-state index contributed by atoms with van der Waals surface area (Å²) in [4.78, 5) is 17.9. The van der Waals surface area contributed by atoms with Crippen LogP contribution in [0.5, 0.6) is 0 Å². The summed E-state index contributed by atoms with van der Waals surface area (Å²) in [5.41, 5.74) is -2.20. The minimum atomic E-state index is -4.57. The summed E-state index contributed by atoms with van der Waals surface area (Å²) in [7, 11) is 1.51. The lowest BCUT2D eigenvalue weighted by Crippen LogP contribution is -2.60. The van der Waals surface area contributed by atoms with E-state index in [2.05, 4.69) is 10.3 Å². The Kier molecular flexibility index (Phi) is 4.67. The van der Waals surface area contributed by atoms with Crippen molar-refractivity contribution in [2.24, 2.45) is 0 Å². The average Bonchev–Trinajstić information content (AvgIpc) is 2.58. The fourth-order valence-corrected chi connectivity index (χ4v) is 3.26. The number of hydrogen-bond donors (Lipinski definition) is 1. The number of rotatable bonds is 2. The van der Waals surface area contributed by atoms with E-state index in [1.54, 1.807) is 0 Å². The molecule has 1 saturated heterocycles. The molecule has 2 heterocycles. The molecule has 1 aromatic carbocycles. The lowest BCUT2D eigenvalue weighted by molar-refractivity contribution is -0.138. The summed E-state index contributed by atoms with van der Waals surface area (Å²) < 4.78 is 66.1. The number of likely N-dealkylation sites (N-methyl/N-ethyl adjacent to an activating group) is 1. The monoisotopic (exact) mass is 385 g/mol. The zero-order chi connectivity index (χ0) is 20.0. The van der Waals surface area contributed by atoms with Crippen molar-refractivity contribution in [1.82, 2.24) is 15.2 Å². The van der Waals surface area contributed by atoms with E-state index >= 15 is 0 Å². The molecule has 27 heavy (non-hydrogen) atoms. The van der Waals surface area contributed by atoms with Crippen molar-refractivity contribution in [2.45, 2.75) is 24.6 Å². The Morgan fingerprint density at radius 3 is 2.48 bits per heavy atom. The fraction of sp³-hybridized carbons (Fsp3) is 0.333. The van der Waals surface area contributed by atoms with E-state index in [1.807, 2.05) is 0 Å². The third-order valence-electron chi connectivity index (χ3n) is 4.78. The van der Waals surface area contributed by atoms with Crippen molar-refractivity contribution < 1.29 is 26.7 Å². The Morgan fingerprint density at radius 1 is 1.22 bits per heavy atom. The zero-order valence-electron chi connectivity index (χ0n) is 14.4. The fourth-order valence-electron chi connectivity index (χ4n) is 3.26. The maximum absolute atomic E-state index is 14.4. The van der Waals surface area contributed by atoms with E-state index in [1.165, 1.54) is 24.9 Å². The lowest BCUT2D eigenvalue weighted by Gasteiger charge is -2.45. The van der Waals surface area contributed by atoms with Crippen LogP contribution < -0.4 is 5.32 Å². The molecule has 0 unspecified atom stereocenters. The van der Waals surface area contributed by atoms with Gasteiger partial charge < -0.3 is 4.90 Å². The maximum Gasteiger partial charge on any atom is 0.417 e. The molecule has 9 heteroatoms. The van der Waals surface area contributed by atoms with Gasteiger partial charge in [-0.2, -0.15) is 13.2 Å². The first-order valence-electron chi connectivity index (χ1n) is 8.02.